The maximum atomic E-state index is 12.6. The number of likely N-dealkylation sites (tertiary alicyclic amines) is 1. The van der Waals surface area contributed by atoms with E-state index in [-0.39, 0.29) is 31.3 Å². The third-order valence-electron chi connectivity index (χ3n) is 6.03. The van der Waals surface area contributed by atoms with Gasteiger partial charge in [0.25, 0.3) is 0 Å². The van der Waals surface area contributed by atoms with Crippen LogP contribution < -0.4 is 14.8 Å². The van der Waals surface area contributed by atoms with Crippen molar-refractivity contribution in [1.82, 2.24) is 20.0 Å². The minimum Gasteiger partial charge on any atom is -0.473 e. The van der Waals surface area contributed by atoms with Crippen molar-refractivity contribution in [3.05, 3.63) is 23.8 Å². The van der Waals surface area contributed by atoms with Crippen molar-refractivity contribution in [2.75, 3.05) is 52.6 Å². The van der Waals surface area contributed by atoms with E-state index in [2.05, 4.69) is 11.4 Å². The van der Waals surface area contributed by atoms with Crippen LogP contribution in [0.2, 0.25) is 0 Å². The molecule has 3 N–H and O–H groups in total. The van der Waals surface area contributed by atoms with E-state index < -0.39 is 11.9 Å². The van der Waals surface area contributed by atoms with Crippen LogP contribution in [0.15, 0.2) is 18.2 Å². The maximum absolute atomic E-state index is 12.6. The molecule has 0 aromatic heterocycles. The van der Waals surface area contributed by atoms with Gasteiger partial charge in [-0.3, -0.25) is 4.79 Å². The molecule has 0 aliphatic carbocycles. The van der Waals surface area contributed by atoms with E-state index in [1.165, 1.54) is 0 Å². The highest BCUT2D eigenvalue weighted by atomic mass is 16.7. The minimum atomic E-state index is -1.82. The normalized spacial score (nSPS) is 18.0. The summed E-state index contributed by atoms with van der Waals surface area (Å²) >= 11 is 0. The van der Waals surface area contributed by atoms with Gasteiger partial charge in [-0.2, -0.15) is 5.26 Å². The molecule has 4 rings (SSSR count). The number of nitriles is 1. The summed E-state index contributed by atoms with van der Waals surface area (Å²) in [7, 11) is 0. The van der Waals surface area contributed by atoms with Gasteiger partial charge in [0.1, 0.15) is 6.04 Å². The molecule has 1 atom stereocenters. The number of carboxylic acids is 2. The number of fused-ring (bicyclic) bond motifs is 1. The average molecular weight is 504 g/mol. The number of hydrogen-bond acceptors (Lipinski definition) is 8. The summed E-state index contributed by atoms with van der Waals surface area (Å²) in [5.74, 6) is -2.17. The van der Waals surface area contributed by atoms with Crippen molar-refractivity contribution >= 4 is 23.9 Å². The number of carbonyl (C=O) groups excluding carboxylic acids is 2. The second-order valence-corrected chi connectivity index (χ2v) is 8.36. The number of ether oxygens (including phenoxy) is 2. The highest BCUT2D eigenvalue weighted by molar-refractivity contribution is 6.27. The Balaban J connectivity index is 0.000000538. The summed E-state index contributed by atoms with van der Waals surface area (Å²) < 4.78 is 10.7. The average Bonchev–Trinajstić information content (AvgIpc) is 3.60. The predicted molar refractivity (Wildman–Crippen MR) is 123 cm³/mol. The monoisotopic (exact) mass is 503 g/mol. The van der Waals surface area contributed by atoms with Crippen LogP contribution >= 0.6 is 0 Å². The first kappa shape index (κ1) is 26.6. The van der Waals surface area contributed by atoms with E-state index in [9.17, 15) is 9.59 Å². The zero-order valence-corrected chi connectivity index (χ0v) is 19.7. The third kappa shape index (κ3) is 6.98. The number of urea groups is 1. The van der Waals surface area contributed by atoms with E-state index in [4.69, 9.17) is 34.5 Å². The summed E-state index contributed by atoms with van der Waals surface area (Å²) in [6.07, 6.45) is 2.40. The van der Waals surface area contributed by atoms with E-state index in [0.29, 0.717) is 39.3 Å². The van der Waals surface area contributed by atoms with Crippen molar-refractivity contribution in [1.29, 1.82) is 5.26 Å². The number of rotatable bonds is 8. The lowest BCUT2D eigenvalue weighted by atomic mass is 10.1. The fourth-order valence-corrected chi connectivity index (χ4v) is 4.12. The molecule has 13 nitrogen and oxygen atoms in total. The van der Waals surface area contributed by atoms with E-state index in [1.807, 2.05) is 28.0 Å². The SMILES string of the molecule is N#C[C@@H]1CCCN1C(=O)CNCCN1CCN(CCc2ccc3c(c2)OCO3)C1=O.O=C(O)C(=O)O. The van der Waals surface area contributed by atoms with Crippen LogP contribution in [0, 0.1) is 11.3 Å². The quantitative estimate of drug-likeness (QED) is 0.323. The Morgan fingerprint density at radius 1 is 1.06 bits per heavy atom. The molecule has 1 aromatic carbocycles. The predicted octanol–water partition coefficient (Wildman–Crippen LogP) is -0.0448. The number of carbonyl (C=O) groups is 4. The Kier molecular flexibility index (Phi) is 9.29. The first-order valence-electron chi connectivity index (χ1n) is 11.6. The molecular formula is C23H29N5O8. The number of nitrogens with one attached hydrogen (secondary N) is 1. The van der Waals surface area contributed by atoms with Gasteiger partial charge in [-0.05, 0) is 37.0 Å². The Morgan fingerprint density at radius 3 is 2.44 bits per heavy atom. The zero-order valence-electron chi connectivity index (χ0n) is 19.7. The topological polar surface area (TPSA) is 173 Å². The molecule has 3 aliphatic rings. The van der Waals surface area contributed by atoms with Gasteiger partial charge < -0.3 is 39.7 Å². The molecule has 36 heavy (non-hydrogen) atoms. The fourth-order valence-electron chi connectivity index (χ4n) is 4.12. The molecule has 3 aliphatic heterocycles. The molecule has 2 fully saturated rings. The molecule has 0 radical (unpaired) electrons. The molecule has 3 amide bonds. The Hall–Kier alpha value is -4.05. The smallest absolute Gasteiger partial charge is 0.414 e. The van der Waals surface area contributed by atoms with Gasteiger partial charge in [0.15, 0.2) is 11.5 Å². The highest BCUT2D eigenvalue weighted by Gasteiger charge is 2.29. The summed E-state index contributed by atoms with van der Waals surface area (Å²) in [5.41, 5.74) is 1.11. The number of amides is 3. The van der Waals surface area contributed by atoms with Crippen LogP contribution in [0.1, 0.15) is 18.4 Å². The second-order valence-electron chi connectivity index (χ2n) is 8.36. The van der Waals surface area contributed by atoms with Crippen LogP contribution in [0.3, 0.4) is 0 Å². The molecule has 0 bridgehead atoms. The van der Waals surface area contributed by atoms with E-state index in [0.717, 1.165) is 36.3 Å². The van der Waals surface area contributed by atoms with Crippen molar-refractivity contribution < 1.29 is 38.9 Å². The van der Waals surface area contributed by atoms with Crippen LogP contribution in [0.25, 0.3) is 0 Å². The lowest BCUT2D eigenvalue weighted by molar-refractivity contribution is -0.159. The van der Waals surface area contributed by atoms with Crippen molar-refractivity contribution in [3.8, 4) is 17.6 Å². The molecule has 0 spiro atoms. The molecule has 3 heterocycles. The summed E-state index contributed by atoms with van der Waals surface area (Å²) in [4.78, 5) is 48.3. The van der Waals surface area contributed by atoms with Gasteiger partial charge in [-0.25, -0.2) is 14.4 Å². The van der Waals surface area contributed by atoms with Crippen LogP contribution in [0.5, 0.6) is 11.5 Å². The maximum Gasteiger partial charge on any atom is 0.414 e. The van der Waals surface area contributed by atoms with Crippen molar-refractivity contribution in [3.63, 3.8) is 0 Å². The van der Waals surface area contributed by atoms with Crippen LogP contribution in [0.4, 0.5) is 4.79 Å². The van der Waals surface area contributed by atoms with Crippen LogP contribution in [-0.4, -0.2) is 107 Å². The highest BCUT2D eigenvalue weighted by Crippen LogP contribution is 2.32. The van der Waals surface area contributed by atoms with Gasteiger partial charge in [0.2, 0.25) is 12.7 Å². The van der Waals surface area contributed by atoms with Gasteiger partial charge >= 0.3 is 18.0 Å². The molecule has 13 heteroatoms. The number of carboxylic acid groups (broad SMARTS) is 2. The molecule has 2 saturated heterocycles. The standard InChI is InChI=1S/C21H27N5O4.C2H2O4/c22-13-17-2-1-7-26(17)20(27)14-23-6-9-25-11-10-24(21(25)28)8-5-16-3-4-18-19(12-16)30-15-29-18;3-1(4)2(5)6/h3-4,12,17,23H,1-2,5-11,14-15H2;(H,3,4)(H,5,6)/t17-;/m0./s1. The Bertz CT molecular complexity index is 1010. The molecule has 0 saturated carbocycles. The molecular weight excluding hydrogens is 474 g/mol. The first-order valence-corrected chi connectivity index (χ1v) is 11.6. The Morgan fingerprint density at radius 2 is 1.75 bits per heavy atom. The van der Waals surface area contributed by atoms with Crippen LogP contribution in [-0.2, 0) is 20.8 Å². The largest absolute Gasteiger partial charge is 0.473 e. The summed E-state index contributed by atoms with van der Waals surface area (Å²) in [6.45, 7) is 4.29. The molecule has 194 valence electrons. The minimum absolute atomic E-state index is 0.0351. The van der Waals surface area contributed by atoms with Gasteiger partial charge in [-0.1, -0.05) is 6.07 Å². The van der Waals surface area contributed by atoms with Crippen molar-refractivity contribution in [2.45, 2.75) is 25.3 Å². The number of hydrogen-bond donors (Lipinski definition) is 3. The van der Waals surface area contributed by atoms with E-state index in [1.54, 1.807) is 4.90 Å². The molecule has 1 aromatic rings. The number of aliphatic carboxylic acids is 2. The van der Waals surface area contributed by atoms with Gasteiger partial charge in [0, 0.05) is 39.3 Å². The molecule has 0 unspecified atom stereocenters. The first-order chi connectivity index (χ1) is 17.3. The summed E-state index contributed by atoms with van der Waals surface area (Å²) in [6, 6.07) is 7.81. The van der Waals surface area contributed by atoms with Gasteiger partial charge in [-0.15, -0.1) is 0 Å². The lowest BCUT2D eigenvalue weighted by Crippen LogP contribution is -2.43. The van der Waals surface area contributed by atoms with Gasteiger partial charge in [0.05, 0.1) is 12.6 Å². The summed E-state index contributed by atoms with van der Waals surface area (Å²) in [5, 5.41) is 27.0. The number of nitrogens with zero attached hydrogens (tertiary/aromatic N) is 4. The third-order valence-corrected chi connectivity index (χ3v) is 6.03. The number of benzene rings is 1. The Labute approximate surface area is 207 Å². The zero-order chi connectivity index (χ0) is 26.1. The van der Waals surface area contributed by atoms with E-state index >= 15 is 0 Å². The lowest BCUT2D eigenvalue weighted by Gasteiger charge is -2.21. The fraction of sp³-hybridized carbons (Fsp3) is 0.522. The second kappa shape index (κ2) is 12.6. The van der Waals surface area contributed by atoms with Crippen molar-refractivity contribution in [2.24, 2.45) is 0 Å².